The van der Waals surface area contributed by atoms with E-state index < -0.39 is 5.91 Å². The third-order valence-electron chi connectivity index (χ3n) is 2.30. The van der Waals surface area contributed by atoms with Crippen LogP contribution in [-0.4, -0.2) is 20.7 Å². The quantitative estimate of drug-likeness (QED) is 0.932. The first kappa shape index (κ1) is 11.8. The average molecular weight is 295 g/mol. The van der Waals surface area contributed by atoms with E-state index in [2.05, 4.69) is 26.0 Å². The predicted molar refractivity (Wildman–Crippen MR) is 66.5 cm³/mol. The maximum Gasteiger partial charge on any atom is 0.288 e. The number of halogens is 1. The van der Waals surface area contributed by atoms with Crippen molar-refractivity contribution in [3.8, 4) is 0 Å². The van der Waals surface area contributed by atoms with Gasteiger partial charge in [-0.15, -0.1) is 5.10 Å². The third kappa shape index (κ3) is 2.71. The van der Waals surface area contributed by atoms with Gasteiger partial charge in [0.1, 0.15) is 5.82 Å². The van der Waals surface area contributed by atoms with Gasteiger partial charge < -0.3 is 5.73 Å². The molecule has 2 aromatic rings. The lowest BCUT2D eigenvalue weighted by Crippen LogP contribution is -2.13. The molecular formula is C11H11BrN4O. The Hall–Kier alpha value is -1.69. The molecule has 0 unspecified atom stereocenters. The van der Waals surface area contributed by atoms with Crippen LogP contribution in [0.1, 0.15) is 22.0 Å². The van der Waals surface area contributed by atoms with Gasteiger partial charge in [0.2, 0.25) is 5.82 Å². The summed E-state index contributed by atoms with van der Waals surface area (Å²) in [6.45, 7) is 2.35. The number of amides is 1. The number of carbonyl (C=O) groups excluding carboxylic acids is 1. The van der Waals surface area contributed by atoms with Gasteiger partial charge in [0, 0.05) is 4.47 Å². The molecule has 1 amide bonds. The fourth-order valence-electron chi connectivity index (χ4n) is 1.48. The highest BCUT2D eigenvalue weighted by Gasteiger charge is 2.10. The number of primary amides is 1. The topological polar surface area (TPSA) is 73.8 Å². The fraction of sp³-hybridized carbons (Fsp3) is 0.182. The second kappa shape index (κ2) is 4.67. The molecule has 0 spiro atoms. The van der Waals surface area contributed by atoms with E-state index in [9.17, 15) is 4.79 Å². The molecule has 0 aliphatic carbocycles. The number of aryl methyl sites for hydroxylation is 1. The number of carbonyl (C=O) groups is 1. The van der Waals surface area contributed by atoms with Crippen molar-refractivity contribution in [1.82, 2.24) is 14.8 Å². The van der Waals surface area contributed by atoms with E-state index in [1.165, 1.54) is 0 Å². The minimum Gasteiger partial charge on any atom is -0.363 e. The highest BCUT2D eigenvalue weighted by Crippen LogP contribution is 2.13. The monoisotopic (exact) mass is 294 g/mol. The van der Waals surface area contributed by atoms with Crippen molar-refractivity contribution in [2.24, 2.45) is 5.73 Å². The number of rotatable bonds is 3. The van der Waals surface area contributed by atoms with Crippen molar-refractivity contribution in [1.29, 1.82) is 0 Å². The van der Waals surface area contributed by atoms with Crippen LogP contribution in [0.25, 0.3) is 0 Å². The molecule has 2 N–H and O–H groups in total. The molecule has 0 aliphatic rings. The Morgan fingerprint density at radius 1 is 1.53 bits per heavy atom. The van der Waals surface area contributed by atoms with Crippen molar-refractivity contribution in [3.63, 3.8) is 0 Å². The molecule has 0 atom stereocenters. The van der Waals surface area contributed by atoms with Gasteiger partial charge in [0.25, 0.3) is 5.91 Å². The summed E-state index contributed by atoms with van der Waals surface area (Å²) in [6, 6.07) is 7.87. The second-order valence-electron chi connectivity index (χ2n) is 3.63. The molecule has 5 nitrogen and oxygen atoms in total. The van der Waals surface area contributed by atoms with Crippen LogP contribution < -0.4 is 5.73 Å². The number of benzene rings is 1. The van der Waals surface area contributed by atoms with Gasteiger partial charge in [-0.25, -0.2) is 9.67 Å². The minimum absolute atomic E-state index is 0.0532. The maximum absolute atomic E-state index is 10.9. The van der Waals surface area contributed by atoms with Crippen molar-refractivity contribution >= 4 is 21.8 Å². The zero-order valence-corrected chi connectivity index (χ0v) is 10.8. The molecule has 0 saturated carbocycles. The Labute approximate surface area is 107 Å². The lowest BCUT2D eigenvalue weighted by Gasteiger charge is -2.03. The van der Waals surface area contributed by atoms with Gasteiger partial charge >= 0.3 is 0 Å². The molecule has 0 radical (unpaired) electrons. The molecule has 1 heterocycles. The Morgan fingerprint density at radius 3 is 2.88 bits per heavy atom. The zero-order valence-electron chi connectivity index (χ0n) is 9.22. The number of hydrogen-bond donors (Lipinski definition) is 1. The van der Waals surface area contributed by atoms with Crippen LogP contribution in [0.15, 0.2) is 28.7 Å². The molecule has 1 aromatic carbocycles. The Morgan fingerprint density at radius 2 is 2.29 bits per heavy atom. The van der Waals surface area contributed by atoms with E-state index in [0.717, 1.165) is 10.0 Å². The van der Waals surface area contributed by atoms with E-state index in [0.29, 0.717) is 12.4 Å². The standard InChI is InChI=1S/C11H11BrN4O/c1-7-14-11(10(13)17)15-16(7)6-8-3-2-4-9(12)5-8/h2-5H,6H2,1H3,(H2,13,17). The lowest BCUT2D eigenvalue weighted by molar-refractivity contribution is 0.0990. The minimum atomic E-state index is -0.610. The molecule has 17 heavy (non-hydrogen) atoms. The number of nitrogens with two attached hydrogens (primary N) is 1. The van der Waals surface area contributed by atoms with Crippen molar-refractivity contribution in [3.05, 3.63) is 46.0 Å². The molecule has 88 valence electrons. The highest BCUT2D eigenvalue weighted by atomic mass is 79.9. The van der Waals surface area contributed by atoms with E-state index >= 15 is 0 Å². The summed E-state index contributed by atoms with van der Waals surface area (Å²) in [5.41, 5.74) is 6.20. The first-order valence-electron chi connectivity index (χ1n) is 5.02. The van der Waals surface area contributed by atoms with E-state index in [4.69, 9.17) is 5.73 Å². The van der Waals surface area contributed by atoms with Gasteiger partial charge in [-0.05, 0) is 24.6 Å². The third-order valence-corrected chi connectivity index (χ3v) is 2.79. The Balaban J connectivity index is 2.27. The second-order valence-corrected chi connectivity index (χ2v) is 4.55. The largest absolute Gasteiger partial charge is 0.363 e. The first-order chi connectivity index (χ1) is 8.06. The van der Waals surface area contributed by atoms with Crippen LogP contribution in [0.4, 0.5) is 0 Å². The van der Waals surface area contributed by atoms with Gasteiger partial charge in [-0.3, -0.25) is 4.79 Å². The molecule has 0 bridgehead atoms. The molecule has 6 heteroatoms. The summed E-state index contributed by atoms with van der Waals surface area (Å²) in [6.07, 6.45) is 0. The number of aromatic nitrogens is 3. The van der Waals surface area contributed by atoms with Crippen molar-refractivity contribution < 1.29 is 4.79 Å². The van der Waals surface area contributed by atoms with Crippen LogP contribution in [-0.2, 0) is 6.54 Å². The Kier molecular flexibility index (Phi) is 3.23. The van der Waals surface area contributed by atoms with Crippen LogP contribution in [0, 0.1) is 6.92 Å². The molecular weight excluding hydrogens is 284 g/mol. The highest BCUT2D eigenvalue weighted by molar-refractivity contribution is 9.10. The summed E-state index contributed by atoms with van der Waals surface area (Å²) in [5, 5.41) is 4.05. The number of nitrogens with zero attached hydrogens (tertiary/aromatic N) is 3. The van der Waals surface area contributed by atoms with Crippen LogP contribution in [0.2, 0.25) is 0 Å². The lowest BCUT2D eigenvalue weighted by atomic mass is 10.2. The van der Waals surface area contributed by atoms with E-state index in [1.807, 2.05) is 24.3 Å². The normalized spacial score (nSPS) is 10.5. The van der Waals surface area contributed by atoms with Gasteiger partial charge in [0.05, 0.1) is 6.54 Å². The summed E-state index contributed by atoms with van der Waals surface area (Å²) in [7, 11) is 0. The number of hydrogen-bond acceptors (Lipinski definition) is 3. The van der Waals surface area contributed by atoms with Crippen molar-refractivity contribution in [2.45, 2.75) is 13.5 Å². The zero-order chi connectivity index (χ0) is 12.4. The molecule has 1 aromatic heterocycles. The molecule has 2 rings (SSSR count). The van der Waals surface area contributed by atoms with Crippen LogP contribution in [0.3, 0.4) is 0 Å². The van der Waals surface area contributed by atoms with Gasteiger partial charge in [-0.2, -0.15) is 0 Å². The molecule has 0 saturated heterocycles. The van der Waals surface area contributed by atoms with E-state index in [1.54, 1.807) is 11.6 Å². The van der Waals surface area contributed by atoms with Crippen LogP contribution in [0.5, 0.6) is 0 Å². The summed E-state index contributed by atoms with van der Waals surface area (Å²) >= 11 is 3.40. The fourth-order valence-corrected chi connectivity index (χ4v) is 1.93. The van der Waals surface area contributed by atoms with Gasteiger partial charge in [0.15, 0.2) is 0 Å². The Bertz CT molecular complexity index is 564. The predicted octanol–water partition coefficient (Wildman–Crippen LogP) is 1.50. The van der Waals surface area contributed by atoms with Gasteiger partial charge in [-0.1, -0.05) is 28.1 Å². The summed E-state index contributed by atoms with van der Waals surface area (Å²) in [5.74, 6) is 0.109. The smallest absolute Gasteiger partial charge is 0.288 e. The van der Waals surface area contributed by atoms with E-state index in [-0.39, 0.29) is 5.82 Å². The molecule has 0 fully saturated rings. The average Bonchev–Trinajstić information content (AvgIpc) is 2.61. The maximum atomic E-state index is 10.9. The first-order valence-corrected chi connectivity index (χ1v) is 5.81. The SMILES string of the molecule is Cc1nc(C(N)=O)nn1Cc1cccc(Br)c1. The van der Waals surface area contributed by atoms with Crippen molar-refractivity contribution in [2.75, 3.05) is 0 Å². The van der Waals surface area contributed by atoms with Crippen LogP contribution >= 0.6 is 15.9 Å². The molecule has 0 aliphatic heterocycles. The summed E-state index contributed by atoms with van der Waals surface area (Å²) in [4.78, 5) is 14.9. The summed E-state index contributed by atoms with van der Waals surface area (Å²) < 4.78 is 2.66.